The van der Waals surface area contributed by atoms with Crippen molar-refractivity contribution < 1.29 is 0 Å². The van der Waals surface area contributed by atoms with Gasteiger partial charge in [-0.15, -0.1) is 0 Å². The van der Waals surface area contributed by atoms with Crippen LogP contribution >= 0.6 is 23.2 Å². The first-order valence-electron chi connectivity index (χ1n) is 6.45. The lowest BCUT2D eigenvalue weighted by molar-refractivity contribution is 0.270. The van der Waals surface area contributed by atoms with Crippen LogP contribution in [0.5, 0.6) is 0 Å². The quantitative estimate of drug-likeness (QED) is 0.821. The Bertz CT molecular complexity index is 345. The topological polar surface area (TPSA) is 15.3 Å². The van der Waals surface area contributed by atoms with Crippen LogP contribution in [0.3, 0.4) is 0 Å². The first-order chi connectivity index (χ1) is 8.55. The number of benzene rings is 1. The summed E-state index contributed by atoms with van der Waals surface area (Å²) in [4.78, 5) is 2.41. The largest absolute Gasteiger partial charge is 0.309 e. The molecule has 0 heterocycles. The fourth-order valence-corrected chi connectivity index (χ4v) is 2.51. The van der Waals surface area contributed by atoms with E-state index in [2.05, 4.69) is 31.0 Å². The van der Waals surface area contributed by atoms with Gasteiger partial charge in [0.2, 0.25) is 0 Å². The summed E-state index contributed by atoms with van der Waals surface area (Å²) in [5.41, 5.74) is 1.12. The van der Waals surface area contributed by atoms with Crippen LogP contribution < -0.4 is 5.32 Å². The van der Waals surface area contributed by atoms with Crippen LogP contribution in [0.25, 0.3) is 0 Å². The van der Waals surface area contributed by atoms with Crippen molar-refractivity contribution in [2.45, 2.75) is 33.4 Å². The van der Waals surface area contributed by atoms with Crippen LogP contribution in [0.15, 0.2) is 18.2 Å². The minimum Gasteiger partial charge on any atom is -0.309 e. The maximum atomic E-state index is 5.97. The number of nitrogens with one attached hydrogen (secondary N) is 1. The molecule has 0 aliphatic rings. The van der Waals surface area contributed by atoms with Crippen molar-refractivity contribution in [2.24, 2.45) is 0 Å². The molecular formula is C14H22Cl2N2. The Balaban J connectivity index is 2.44. The Kier molecular flexibility index (Phi) is 7.02. The zero-order chi connectivity index (χ0) is 13.5. The molecule has 0 bridgehead atoms. The highest BCUT2D eigenvalue weighted by molar-refractivity contribution is 6.34. The average Bonchev–Trinajstić information content (AvgIpc) is 2.32. The lowest BCUT2D eigenvalue weighted by Crippen LogP contribution is -2.38. The molecule has 1 aromatic carbocycles. The second-order valence-corrected chi connectivity index (χ2v) is 5.42. The smallest absolute Gasteiger partial charge is 0.0424 e. The van der Waals surface area contributed by atoms with Gasteiger partial charge in [0.1, 0.15) is 0 Å². The van der Waals surface area contributed by atoms with Crippen molar-refractivity contribution in [3.8, 4) is 0 Å². The zero-order valence-electron chi connectivity index (χ0n) is 11.3. The lowest BCUT2D eigenvalue weighted by atomic mass is 10.2. The highest BCUT2D eigenvalue weighted by Crippen LogP contribution is 2.18. The summed E-state index contributed by atoms with van der Waals surface area (Å²) in [6.45, 7) is 10.6. The molecule has 0 aromatic heterocycles. The molecule has 1 aromatic rings. The molecule has 0 spiro atoms. The van der Waals surface area contributed by atoms with Crippen LogP contribution in [-0.2, 0) is 6.54 Å². The molecule has 0 amide bonds. The van der Waals surface area contributed by atoms with E-state index in [9.17, 15) is 0 Å². The van der Waals surface area contributed by atoms with E-state index in [0.717, 1.165) is 31.7 Å². The standard InChI is InChI=1S/C14H22Cl2N2/c1-4-18(5-2)10-11(3)17-9-12-6-13(15)8-14(16)7-12/h6-8,11,17H,4-5,9-10H2,1-3H3. The number of hydrogen-bond acceptors (Lipinski definition) is 2. The molecule has 0 saturated carbocycles. The third kappa shape index (κ3) is 5.57. The molecule has 1 rings (SSSR count). The molecule has 0 aliphatic heterocycles. The Labute approximate surface area is 120 Å². The molecule has 0 fully saturated rings. The predicted molar refractivity (Wildman–Crippen MR) is 80.6 cm³/mol. The molecule has 1 unspecified atom stereocenters. The molecule has 2 nitrogen and oxygen atoms in total. The van der Waals surface area contributed by atoms with Crippen LogP contribution in [0.4, 0.5) is 0 Å². The van der Waals surface area contributed by atoms with Crippen molar-refractivity contribution >= 4 is 23.2 Å². The molecule has 0 aliphatic carbocycles. The van der Waals surface area contributed by atoms with Gasteiger partial charge in [0.25, 0.3) is 0 Å². The fraction of sp³-hybridized carbons (Fsp3) is 0.571. The summed E-state index contributed by atoms with van der Waals surface area (Å²) in [6, 6.07) is 6.10. The Hall–Kier alpha value is -0.280. The average molecular weight is 289 g/mol. The van der Waals surface area contributed by atoms with E-state index in [1.54, 1.807) is 6.07 Å². The highest BCUT2D eigenvalue weighted by atomic mass is 35.5. The van der Waals surface area contributed by atoms with Gasteiger partial charge >= 0.3 is 0 Å². The van der Waals surface area contributed by atoms with Crippen molar-refractivity contribution in [3.63, 3.8) is 0 Å². The number of likely N-dealkylation sites (N-methyl/N-ethyl adjacent to an activating group) is 1. The van der Waals surface area contributed by atoms with Crippen molar-refractivity contribution in [3.05, 3.63) is 33.8 Å². The number of hydrogen-bond donors (Lipinski definition) is 1. The van der Waals surface area contributed by atoms with Gasteiger partial charge in [-0.1, -0.05) is 37.0 Å². The van der Waals surface area contributed by atoms with Gasteiger partial charge in [0.05, 0.1) is 0 Å². The molecule has 102 valence electrons. The molecule has 0 saturated heterocycles. The molecule has 4 heteroatoms. The third-order valence-corrected chi connectivity index (χ3v) is 3.44. The normalized spacial score (nSPS) is 13.0. The molecular weight excluding hydrogens is 267 g/mol. The Morgan fingerprint density at radius 1 is 1.11 bits per heavy atom. The third-order valence-electron chi connectivity index (χ3n) is 3.00. The number of rotatable bonds is 7. The van der Waals surface area contributed by atoms with Crippen molar-refractivity contribution in [2.75, 3.05) is 19.6 Å². The maximum absolute atomic E-state index is 5.97. The van der Waals surface area contributed by atoms with Crippen LogP contribution in [0.1, 0.15) is 26.3 Å². The predicted octanol–water partition coefficient (Wildman–Crippen LogP) is 3.81. The van der Waals surface area contributed by atoms with E-state index in [1.165, 1.54) is 0 Å². The number of halogens is 2. The summed E-state index contributed by atoms with van der Waals surface area (Å²) >= 11 is 11.9. The van der Waals surface area contributed by atoms with Gasteiger partial charge in [-0.25, -0.2) is 0 Å². The van der Waals surface area contributed by atoms with Crippen LogP contribution in [0, 0.1) is 0 Å². The summed E-state index contributed by atoms with van der Waals surface area (Å²) in [5, 5.41) is 4.87. The van der Waals surface area contributed by atoms with Crippen molar-refractivity contribution in [1.82, 2.24) is 10.2 Å². The molecule has 1 atom stereocenters. The van der Waals surface area contributed by atoms with Gasteiger partial charge in [-0.3, -0.25) is 0 Å². The summed E-state index contributed by atoms with van der Waals surface area (Å²) in [7, 11) is 0. The molecule has 18 heavy (non-hydrogen) atoms. The van der Waals surface area contributed by atoms with E-state index in [-0.39, 0.29) is 0 Å². The Morgan fingerprint density at radius 2 is 1.67 bits per heavy atom. The van der Waals surface area contributed by atoms with Gasteiger partial charge < -0.3 is 10.2 Å². The lowest BCUT2D eigenvalue weighted by Gasteiger charge is -2.23. The maximum Gasteiger partial charge on any atom is 0.0424 e. The van der Waals surface area contributed by atoms with E-state index in [4.69, 9.17) is 23.2 Å². The minimum absolute atomic E-state index is 0.447. The van der Waals surface area contributed by atoms with Crippen LogP contribution in [-0.4, -0.2) is 30.6 Å². The molecule has 0 radical (unpaired) electrons. The van der Waals surface area contributed by atoms with E-state index in [0.29, 0.717) is 16.1 Å². The van der Waals surface area contributed by atoms with Gasteiger partial charge in [-0.2, -0.15) is 0 Å². The monoisotopic (exact) mass is 288 g/mol. The SMILES string of the molecule is CCN(CC)CC(C)NCc1cc(Cl)cc(Cl)c1. The fourth-order valence-electron chi connectivity index (χ4n) is 1.94. The van der Waals surface area contributed by atoms with Crippen molar-refractivity contribution in [1.29, 1.82) is 0 Å². The van der Waals surface area contributed by atoms with Gasteiger partial charge in [-0.05, 0) is 43.8 Å². The summed E-state index contributed by atoms with van der Waals surface area (Å²) in [6.07, 6.45) is 0. The van der Waals surface area contributed by atoms with Crippen LogP contribution in [0.2, 0.25) is 10.0 Å². The molecule has 1 N–H and O–H groups in total. The highest BCUT2D eigenvalue weighted by Gasteiger charge is 2.07. The number of nitrogens with zero attached hydrogens (tertiary/aromatic N) is 1. The van der Waals surface area contributed by atoms with Gasteiger partial charge in [0, 0.05) is 29.2 Å². The summed E-state index contributed by atoms with van der Waals surface area (Å²) in [5.74, 6) is 0. The minimum atomic E-state index is 0.447. The van der Waals surface area contributed by atoms with E-state index < -0.39 is 0 Å². The van der Waals surface area contributed by atoms with Gasteiger partial charge in [0.15, 0.2) is 0 Å². The van der Waals surface area contributed by atoms with E-state index >= 15 is 0 Å². The first-order valence-corrected chi connectivity index (χ1v) is 7.21. The second-order valence-electron chi connectivity index (χ2n) is 4.55. The van der Waals surface area contributed by atoms with E-state index in [1.807, 2.05) is 12.1 Å². The zero-order valence-corrected chi connectivity index (χ0v) is 12.9. The second kappa shape index (κ2) is 8.00. The first kappa shape index (κ1) is 15.8. The Morgan fingerprint density at radius 3 is 2.17 bits per heavy atom. The summed E-state index contributed by atoms with van der Waals surface area (Å²) < 4.78 is 0.